The first kappa shape index (κ1) is 12.7. The Morgan fingerprint density at radius 2 is 2.11 bits per heavy atom. The zero-order valence-corrected chi connectivity index (χ0v) is 9.53. The lowest BCUT2D eigenvalue weighted by molar-refractivity contribution is -0.274. The minimum Gasteiger partial charge on any atom is -0.469 e. The van der Waals surface area contributed by atoms with E-state index in [4.69, 9.17) is 0 Å². The smallest absolute Gasteiger partial charge is 0.469 e. The van der Waals surface area contributed by atoms with E-state index in [1.807, 2.05) is 0 Å². The first-order valence-electron chi connectivity index (χ1n) is 5.34. The fourth-order valence-electron chi connectivity index (χ4n) is 1.92. The van der Waals surface area contributed by atoms with Crippen LogP contribution in [-0.4, -0.2) is 19.4 Å². The van der Waals surface area contributed by atoms with Gasteiger partial charge in [-0.25, -0.2) is 0 Å². The van der Waals surface area contributed by atoms with Crippen molar-refractivity contribution in [3.05, 3.63) is 29.8 Å². The molecule has 0 saturated heterocycles. The van der Waals surface area contributed by atoms with Gasteiger partial charge in [-0.3, -0.25) is 4.79 Å². The molecule has 2 rings (SSSR count). The summed E-state index contributed by atoms with van der Waals surface area (Å²) in [5.74, 6) is -0.928. The van der Waals surface area contributed by atoms with Crippen molar-refractivity contribution in [3.8, 4) is 5.75 Å². The molecule has 18 heavy (non-hydrogen) atoms. The molecule has 2 atom stereocenters. The van der Waals surface area contributed by atoms with Crippen LogP contribution in [0.15, 0.2) is 24.3 Å². The standard InChI is InChI=1S/C12H11F3O3/c1-17-11(16)10-6-9(10)7-3-2-4-8(5-7)18-12(13,14)15/h2-5,9-10H,6H2,1H3. The minimum atomic E-state index is -4.70. The number of halogens is 3. The van der Waals surface area contributed by atoms with Gasteiger partial charge in [-0.15, -0.1) is 13.2 Å². The first-order chi connectivity index (χ1) is 8.40. The maximum absolute atomic E-state index is 12.1. The molecule has 3 nitrogen and oxygen atoms in total. The number of carbonyl (C=O) groups is 1. The van der Waals surface area contributed by atoms with Crippen LogP contribution in [0.1, 0.15) is 17.9 Å². The second-order valence-corrected chi connectivity index (χ2v) is 4.09. The first-order valence-corrected chi connectivity index (χ1v) is 5.34. The van der Waals surface area contributed by atoms with Gasteiger partial charge in [0, 0.05) is 0 Å². The Kier molecular flexibility index (Phi) is 3.19. The molecule has 0 aromatic heterocycles. The molecule has 1 aromatic carbocycles. The Morgan fingerprint density at radius 3 is 2.72 bits per heavy atom. The van der Waals surface area contributed by atoms with E-state index in [9.17, 15) is 18.0 Å². The molecule has 6 heteroatoms. The molecule has 98 valence electrons. The van der Waals surface area contributed by atoms with Crippen molar-refractivity contribution < 1.29 is 27.4 Å². The number of methoxy groups -OCH3 is 1. The van der Waals surface area contributed by atoms with Crippen LogP contribution in [0.5, 0.6) is 5.75 Å². The highest BCUT2D eigenvalue weighted by molar-refractivity contribution is 5.77. The van der Waals surface area contributed by atoms with Gasteiger partial charge in [-0.1, -0.05) is 12.1 Å². The zero-order valence-electron chi connectivity index (χ0n) is 9.53. The molecule has 0 radical (unpaired) electrons. The highest BCUT2D eigenvalue weighted by atomic mass is 19.4. The third-order valence-electron chi connectivity index (χ3n) is 2.81. The summed E-state index contributed by atoms with van der Waals surface area (Å²) in [6.45, 7) is 0. The molecule has 0 bridgehead atoms. The fourth-order valence-corrected chi connectivity index (χ4v) is 1.92. The van der Waals surface area contributed by atoms with E-state index in [0.29, 0.717) is 12.0 Å². The van der Waals surface area contributed by atoms with Gasteiger partial charge in [0.2, 0.25) is 0 Å². The molecule has 0 N–H and O–H groups in total. The van der Waals surface area contributed by atoms with Gasteiger partial charge >= 0.3 is 12.3 Å². The number of carbonyl (C=O) groups excluding carboxylic acids is 1. The molecule has 0 aliphatic heterocycles. The van der Waals surface area contributed by atoms with Crippen molar-refractivity contribution in [1.82, 2.24) is 0 Å². The fraction of sp³-hybridized carbons (Fsp3) is 0.417. The molecule has 1 aliphatic carbocycles. The number of benzene rings is 1. The van der Waals surface area contributed by atoms with E-state index in [0.717, 1.165) is 0 Å². The van der Waals surface area contributed by atoms with Crippen molar-refractivity contribution in [2.45, 2.75) is 18.7 Å². The van der Waals surface area contributed by atoms with E-state index in [-0.39, 0.29) is 23.6 Å². The Morgan fingerprint density at radius 1 is 1.39 bits per heavy atom. The summed E-state index contributed by atoms with van der Waals surface area (Å²) in [5.41, 5.74) is 0.659. The monoisotopic (exact) mass is 260 g/mol. The van der Waals surface area contributed by atoms with Crippen LogP contribution in [0.4, 0.5) is 13.2 Å². The molecular formula is C12H11F3O3. The summed E-state index contributed by atoms with van der Waals surface area (Å²) in [6, 6.07) is 5.69. The van der Waals surface area contributed by atoms with Gasteiger partial charge < -0.3 is 9.47 Å². The van der Waals surface area contributed by atoms with Crippen LogP contribution in [-0.2, 0) is 9.53 Å². The number of ether oxygens (including phenoxy) is 2. The van der Waals surface area contributed by atoms with Crippen LogP contribution < -0.4 is 4.74 Å². The lowest BCUT2D eigenvalue weighted by atomic mass is 10.1. The van der Waals surface area contributed by atoms with E-state index < -0.39 is 6.36 Å². The average Bonchev–Trinajstić information content (AvgIpc) is 3.06. The Balaban J connectivity index is 2.08. The summed E-state index contributed by atoms with van der Waals surface area (Å²) >= 11 is 0. The predicted octanol–water partition coefficient (Wildman–Crippen LogP) is 2.86. The predicted molar refractivity (Wildman–Crippen MR) is 56.0 cm³/mol. The van der Waals surface area contributed by atoms with E-state index in [1.54, 1.807) is 6.07 Å². The Labute approximate surface area is 102 Å². The van der Waals surface area contributed by atoms with Crippen LogP contribution in [0, 0.1) is 5.92 Å². The third-order valence-corrected chi connectivity index (χ3v) is 2.81. The second kappa shape index (κ2) is 4.51. The number of hydrogen-bond donors (Lipinski definition) is 0. The van der Waals surface area contributed by atoms with E-state index in [2.05, 4.69) is 9.47 Å². The lowest BCUT2D eigenvalue weighted by Crippen LogP contribution is -2.17. The minimum absolute atomic E-state index is 0.0748. The van der Waals surface area contributed by atoms with Crippen LogP contribution in [0.3, 0.4) is 0 Å². The van der Waals surface area contributed by atoms with Gasteiger partial charge in [0.05, 0.1) is 13.0 Å². The molecule has 0 spiro atoms. The zero-order chi connectivity index (χ0) is 13.3. The molecule has 1 fully saturated rings. The van der Waals surface area contributed by atoms with Crippen molar-refractivity contribution in [2.75, 3.05) is 7.11 Å². The largest absolute Gasteiger partial charge is 0.573 e. The molecule has 1 aromatic rings. The quantitative estimate of drug-likeness (QED) is 0.784. The van der Waals surface area contributed by atoms with Crippen LogP contribution in [0.2, 0.25) is 0 Å². The maximum Gasteiger partial charge on any atom is 0.573 e. The third kappa shape index (κ3) is 2.94. The van der Waals surface area contributed by atoms with Gasteiger partial charge in [0.1, 0.15) is 5.75 Å². The van der Waals surface area contributed by atoms with Crippen molar-refractivity contribution in [1.29, 1.82) is 0 Å². The second-order valence-electron chi connectivity index (χ2n) is 4.09. The number of hydrogen-bond acceptors (Lipinski definition) is 3. The summed E-state index contributed by atoms with van der Waals surface area (Å²) < 4.78 is 44.6. The van der Waals surface area contributed by atoms with Gasteiger partial charge in [0.25, 0.3) is 0 Å². The van der Waals surface area contributed by atoms with Crippen LogP contribution in [0.25, 0.3) is 0 Å². The number of rotatable bonds is 3. The SMILES string of the molecule is COC(=O)C1CC1c1cccc(OC(F)(F)F)c1. The molecular weight excluding hydrogens is 249 g/mol. The molecule has 2 unspecified atom stereocenters. The van der Waals surface area contributed by atoms with Crippen molar-refractivity contribution >= 4 is 5.97 Å². The summed E-state index contributed by atoms with van der Waals surface area (Å²) in [5, 5.41) is 0. The highest BCUT2D eigenvalue weighted by Crippen LogP contribution is 2.48. The molecule has 1 saturated carbocycles. The summed E-state index contributed by atoms with van der Waals surface area (Å²) in [6.07, 6.45) is -4.11. The van der Waals surface area contributed by atoms with Crippen LogP contribution >= 0.6 is 0 Å². The number of esters is 1. The maximum atomic E-state index is 12.1. The summed E-state index contributed by atoms with van der Waals surface area (Å²) in [7, 11) is 1.29. The van der Waals surface area contributed by atoms with Gasteiger partial charge in [-0.2, -0.15) is 0 Å². The molecule has 1 aliphatic rings. The van der Waals surface area contributed by atoms with Crippen molar-refractivity contribution in [3.63, 3.8) is 0 Å². The highest BCUT2D eigenvalue weighted by Gasteiger charge is 2.45. The topological polar surface area (TPSA) is 35.5 Å². The number of alkyl halides is 3. The lowest BCUT2D eigenvalue weighted by Gasteiger charge is -2.09. The normalized spacial score (nSPS) is 22.4. The van der Waals surface area contributed by atoms with E-state index >= 15 is 0 Å². The molecule has 0 heterocycles. The van der Waals surface area contributed by atoms with E-state index in [1.165, 1.54) is 25.3 Å². The Bertz CT molecular complexity index is 456. The van der Waals surface area contributed by atoms with Gasteiger partial charge in [0.15, 0.2) is 0 Å². The van der Waals surface area contributed by atoms with Crippen molar-refractivity contribution in [2.24, 2.45) is 5.92 Å². The molecule has 0 amide bonds. The Hall–Kier alpha value is -1.72. The summed E-state index contributed by atoms with van der Waals surface area (Å²) in [4.78, 5) is 11.2. The van der Waals surface area contributed by atoms with Gasteiger partial charge in [-0.05, 0) is 30.0 Å². The average molecular weight is 260 g/mol.